The topological polar surface area (TPSA) is 13.1 Å². The number of benzene rings is 7. The lowest BCUT2D eigenvalue weighted by Gasteiger charge is -2.18. The molecule has 7 aromatic carbocycles. The zero-order valence-corrected chi connectivity index (χ0v) is 20.0. The average molecular weight is 513 g/mol. The van der Waals surface area contributed by atoms with Crippen LogP contribution in [-0.4, -0.2) is 0 Å². The van der Waals surface area contributed by atoms with Crippen molar-refractivity contribution in [2.24, 2.45) is 0 Å². The third kappa shape index (κ3) is 3.41. The van der Waals surface area contributed by atoms with E-state index in [4.69, 9.17) is 25.0 Å². The Kier molecular flexibility index (Phi) is 2.53. The van der Waals surface area contributed by atoms with E-state index in [1.165, 1.54) is 48.5 Å². The standard InChI is InChI=1S/C38H24O/c1-2-11-25(12-3-1)26-21-23-27(24-22-26)36-29-14-4-6-16-31(29)37(32-17-7-5-15-30(32)36)34-19-10-18-33-28-13-8-9-20-35(28)39-38(33)34/h1-24H/i1D,2D,3D,4D,5D,6D,7D,8D,9D,10D,13D,18D,19D,20D,21D,22D. The zero-order chi connectivity index (χ0) is 39.7. The van der Waals surface area contributed by atoms with Crippen LogP contribution in [0, 0.1) is 0 Å². The number of para-hydroxylation sites is 2. The highest BCUT2D eigenvalue weighted by molar-refractivity contribution is 6.24. The number of hydrogen-bond acceptors (Lipinski definition) is 1. The van der Waals surface area contributed by atoms with Crippen LogP contribution in [-0.2, 0) is 0 Å². The summed E-state index contributed by atoms with van der Waals surface area (Å²) >= 11 is 0. The van der Waals surface area contributed by atoms with Crippen molar-refractivity contribution in [2.45, 2.75) is 0 Å². The summed E-state index contributed by atoms with van der Waals surface area (Å²) < 4.78 is 143. The van der Waals surface area contributed by atoms with Gasteiger partial charge in [0.05, 0.1) is 21.9 Å². The number of furan rings is 1. The van der Waals surface area contributed by atoms with Gasteiger partial charge in [-0.15, -0.1) is 0 Å². The maximum Gasteiger partial charge on any atom is 0.143 e. The van der Waals surface area contributed by atoms with E-state index < -0.39 is 42.3 Å². The first kappa shape index (κ1) is 11.3. The van der Waals surface area contributed by atoms with Crippen molar-refractivity contribution < 1.29 is 26.3 Å². The van der Waals surface area contributed by atoms with Gasteiger partial charge in [0, 0.05) is 21.9 Å². The van der Waals surface area contributed by atoms with Gasteiger partial charge in [0.1, 0.15) is 11.2 Å². The minimum absolute atomic E-state index is 0.0963. The van der Waals surface area contributed by atoms with E-state index in [-0.39, 0.29) is 126 Å². The van der Waals surface area contributed by atoms with Crippen LogP contribution in [0.2, 0.25) is 0 Å². The van der Waals surface area contributed by atoms with Crippen LogP contribution >= 0.6 is 0 Å². The first-order valence-electron chi connectivity index (χ1n) is 20.0. The van der Waals surface area contributed by atoms with Gasteiger partial charge in [0.25, 0.3) is 0 Å². The normalized spacial score (nSPS) is 17.3. The lowest BCUT2D eigenvalue weighted by molar-refractivity contribution is 0.670. The second kappa shape index (κ2) is 8.72. The fourth-order valence-corrected chi connectivity index (χ4v) is 5.12. The minimum Gasteiger partial charge on any atom is -0.455 e. The maximum absolute atomic E-state index is 9.19. The zero-order valence-electron chi connectivity index (χ0n) is 36.0. The second-order valence-electron chi connectivity index (χ2n) is 8.89. The predicted octanol–water partition coefficient (Wildman–Crippen LogP) is 10.9. The van der Waals surface area contributed by atoms with E-state index in [1.54, 1.807) is 0 Å². The molecule has 0 radical (unpaired) electrons. The quantitative estimate of drug-likeness (QED) is 0.215. The van der Waals surface area contributed by atoms with Gasteiger partial charge in [-0.2, -0.15) is 0 Å². The smallest absolute Gasteiger partial charge is 0.143 e. The van der Waals surface area contributed by atoms with Gasteiger partial charge in [0.15, 0.2) is 0 Å². The Labute approximate surface area is 249 Å². The Morgan fingerprint density at radius 1 is 0.385 bits per heavy atom. The number of rotatable bonds is 3. The van der Waals surface area contributed by atoms with Crippen molar-refractivity contribution in [3.63, 3.8) is 0 Å². The highest BCUT2D eigenvalue weighted by Gasteiger charge is 2.19. The van der Waals surface area contributed by atoms with Crippen LogP contribution in [0.4, 0.5) is 0 Å². The summed E-state index contributed by atoms with van der Waals surface area (Å²) in [6.07, 6.45) is 0. The predicted molar refractivity (Wildman–Crippen MR) is 165 cm³/mol. The molecule has 1 heteroatoms. The first-order chi connectivity index (χ1) is 25.9. The monoisotopic (exact) mass is 512 g/mol. The van der Waals surface area contributed by atoms with Crippen molar-refractivity contribution >= 4 is 43.5 Å². The lowest BCUT2D eigenvalue weighted by atomic mass is 9.85. The average Bonchev–Trinajstić information content (AvgIpc) is 3.53. The van der Waals surface area contributed by atoms with Crippen LogP contribution in [0.1, 0.15) is 21.9 Å². The van der Waals surface area contributed by atoms with Crippen LogP contribution < -0.4 is 0 Å². The van der Waals surface area contributed by atoms with Gasteiger partial charge < -0.3 is 4.42 Å². The number of hydrogen-bond donors (Lipinski definition) is 0. The maximum atomic E-state index is 9.19. The molecule has 0 saturated carbocycles. The molecule has 0 atom stereocenters. The Bertz CT molecular complexity index is 2940. The summed E-state index contributed by atoms with van der Waals surface area (Å²) in [5, 5.41) is 0.642. The van der Waals surface area contributed by atoms with Crippen LogP contribution in [0.15, 0.2) is 150 Å². The summed E-state index contributed by atoms with van der Waals surface area (Å²) in [7, 11) is 0. The van der Waals surface area contributed by atoms with Gasteiger partial charge in [-0.1, -0.05) is 139 Å². The molecule has 0 N–H and O–H groups in total. The Morgan fingerprint density at radius 2 is 0.974 bits per heavy atom. The van der Waals surface area contributed by atoms with E-state index in [0.717, 1.165) is 0 Å². The summed E-state index contributed by atoms with van der Waals surface area (Å²) in [4.78, 5) is 0. The Hall–Kier alpha value is -5.14. The van der Waals surface area contributed by atoms with Gasteiger partial charge >= 0.3 is 0 Å². The van der Waals surface area contributed by atoms with Gasteiger partial charge in [0.2, 0.25) is 0 Å². The summed E-state index contributed by atoms with van der Waals surface area (Å²) in [6, 6.07) is 5.03. The van der Waals surface area contributed by atoms with E-state index in [1.807, 2.05) is 0 Å². The van der Waals surface area contributed by atoms with Crippen LogP contribution in [0.3, 0.4) is 0 Å². The van der Waals surface area contributed by atoms with Gasteiger partial charge in [-0.05, 0) is 49.8 Å². The Morgan fingerprint density at radius 3 is 1.67 bits per heavy atom. The molecule has 0 aliphatic heterocycles. The molecular formula is C38H24O. The second-order valence-corrected chi connectivity index (χ2v) is 8.89. The molecule has 1 aromatic heterocycles. The molecule has 0 aliphatic carbocycles. The molecule has 0 amide bonds. The van der Waals surface area contributed by atoms with Gasteiger partial charge in [-0.3, -0.25) is 0 Å². The fraction of sp³-hybridized carbons (Fsp3) is 0. The fourth-order valence-electron chi connectivity index (χ4n) is 5.12. The third-order valence-corrected chi connectivity index (χ3v) is 6.80. The largest absolute Gasteiger partial charge is 0.455 e. The van der Waals surface area contributed by atoms with Crippen molar-refractivity contribution in [3.8, 4) is 33.4 Å². The summed E-state index contributed by atoms with van der Waals surface area (Å²) in [5.74, 6) is 0. The van der Waals surface area contributed by atoms with E-state index in [9.17, 15) is 1.37 Å². The first-order valence-corrected chi connectivity index (χ1v) is 12.0. The van der Waals surface area contributed by atoms with Crippen molar-refractivity contribution in [1.82, 2.24) is 0 Å². The molecule has 39 heavy (non-hydrogen) atoms. The molecule has 182 valence electrons. The van der Waals surface area contributed by atoms with E-state index in [0.29, 0.717) is 5.56 Å². The molecule has 8 rings (SSSR count). The molecule has 0 saturated heterocycles. The van der Waals surface area contributed by atoms with Crippen molar-refractivity contribution in [1.29, 1.82) is 0 Å². The molecular weight excluding hydrogens is 472 g/mol. The molecule has 0 unspecified atom stereocenters. The molecule has 0 spiro atoms. The van der Waals surface area contributed by atoms with E-state index in [2.05, 4.69) is 0 Å². The van der Waals surface area contributed by atoms with Gasteiger partial charge in [-0.25, -0.2) is 0 Å². The molecule has 1 nitrogen and oxygen atoms in total. The minimum atomic E-state index is -0.590. The van der Waals surface area contributed by atoms with Crippen LogP contribution in [0.5, 0.6) is 0 Å². The number of fused-ring (bicyclic) bond motifs is 5. The van der Waals surface area contributed by atoms with Crippen molar-refractivity contribution in [3.05, 3.63) is 145 Å². The molecule has 1 heterocycles. The highest BCUT2D eigenvalue weighted by Crippen LogP contribution is 2.46. The lowest BCUT2D eigenvalue weighted by Crippen LogP contribution is -1.91. The molecule has 0 bridgehead atoms. The molecule has 0 fully saturated rings. The molecule has 0 aliphatic rings. The Balaban J connectivity index is 1.56. The van der Waals surface area contributed by atoms with E-state index >= 15 is 0 Å². The summed E-state index contributed by atoms with van der Waals surface area (Å²) in [5.41, 5.74) is 0.391. The van der Waals surface area contributed by atoms with Crippen molar-refractivity contribution in [2.75, 3.05) is 0 Å². The van der Waals surface area contributed by atoms with Crippen LogP contribution in [0.25, 0.3) is 76.9 Å². The summed E-state index contributed by atoms with van der Waals surface area (Å²) in [6.45, 7) is 0. The SMILES string of the molecule is [2H]c1cc2c(-c3cc([2H])c(-c4cc([2H])c([2H])c([2H])c4)c([2H])c3)c3cc([2H])c([2H])cc3c(-c3c([2H])c([2H])c([2H])c4c3oc3c([2H])c([2H])c([2H])c([2H])c34)c2cc1[2H]. The highest BCUT2D eigenvalue weighted by atomic mass is 16.3. The molecule has 8 aromatic rings. The third-order valence-electron chi connectivity index (χ3n) is 6.80.